The maximum Gasteiger partial charge on any atom is 0.225 e. The molecule has 1 aromatic heterocycles. The fourth-order valence-corrected chi connectivity index (χ4v) is 3.02. The molecule has 0 unspecified atom stereocenters. The summed E-state index contributed by atoms with van der Waals surface area (Å²) in [6, 6.07) is 5.26. The second-order valence-electron chi connectivity index (χ2n) is 5.87. The highest BCUT2D eigenvalue weighted by molar-refractivity contribution is 5.79. The molecule has 1 amide bonds. The van der Waals surface area contributed by atoms with Crippen LogP contribution in [0.4, 0.5) is 0 Å². The van der Waals surface area contributed by atoms with Crippen molar-refractivity contribution in [3.63, 3.8) is 0 Å². The molecule has 0 aliphatic carbocycles. The minimum atomic E-state index is -0.180. The number of aryl methyl sites for hydroxylation is 1. The van der Waals surface area contributed by atoms with E-state index in [0.29, 0.717) is 11.5 Å². The van der Waals surface area contributed by atoms with Gasteiger partial charge in [-0.3, -0.25) is 4.79 Å². The molecule has 3 rings (SSSR count). The van der Waals surface area contributed by atoms with Crippen LogP contribution in [0.25, 0.3) is 0 Å². The molecule has 2 aromatic rings. The largest absolute Gasteiger partial charge is 0.497 e. The molecule has 0 saturated carbocycles. The Balaban J connectivity index is 1.67. The monoisotopic (exact) mass is 330 g/mol. The number of carbonyl (C=O) groups excluding carboxylic acids is 1. The predicted molar refractivity (Wildman–Crippen MR) is 88.2 cm³/mol. The molecule has 0 saturated heterocycles. The predicted octanol–water partition coefficient (Wildman–Crippen LogP) is 1.66. The summed E-state index contributed by atoms with van der Waals surface area (Å²) in [4.78, 5) is 12.4. The molecule has 128 valence electrons. The number of hydrogen-bond donors (Lipinski definition) is 1. The molecule has 1 aliphatic heterocycles. The fourth-order valence-electron chi connectivity index (χ4n) is 3.02. The standard InChI is InChI=1S/C17H22N4O3/c1-11(17-20-19-15-5-4-8-21(15)17)18-16(22)9-12-6-7-13(23-2)10-14(12)24-3/h6-7,10-11H,4-5,8-9H2,1-3H3,(H,18,22)/t11-/m1/s1. The number of benzene rings is 1. The van der Waals surface area contributed by atoms with Crippen molar-refractivity contribution in [1.82, 2.24) is 20.1 Å². The number of methoxy groups -OCH3 is 2. The number of aromatic nitrogens is 3. The average Bonchev–Trinajstić information content (AvgIpc) is 3.18. The van der Waals surface area contributed by atoms with E-state index < -0.39 is 0 Å². The third kappa shape index (κ3) is 3.20. The molecule has 1 aromatic carbocycles. The molecule has 7 heteroatoms. The van der Waals surface area contributed by atoms with Gasteiger partial charge >= 0.3 is 0 Å². The van der Waals surface area contributed by atoms with E-state index in [1.54, 1.807) is 20.3 Å². The topological polar surface area (TPSA) is 78.3 Å². The van der Waals surface area contributed by atoms with E-state index in [1.807, 2.05) is 19.1 Å². The number of fused-ring (bicyclic) bond motifs is 1. The van der Waals surface area contributed by atoms with Crippen LogP contribution in [-0.2, 0) is 24.2 Å². The minimum absolute atomic E-state index is 0.0821. The first-order valence-corrected chi connectivity index (χ1v) is 8.04. The Hall–Kier alpha value is -2.57. The molecular formula is C17H22N4O3. The summed E-state index contributed by atoms with van der Waals surface area (Å²) < 4.78 is 12.6. The van der Waals surface area contributed by atoms with E-state index >= 15 is 0 Å². The fraction of sp³-hybridized carbons (Fsp3) is 0.471. The van der Waals surface area contributed by atoms with Crippen molar-refractivity contribution in [1.29, 1.82) is 0 Å². The van der Waals surface area contributed by atoms with Gasteiger partial charge in [0, 0.05) is 24.6 Å². The van der Waals surface area contributed by atoms with Crippen LogP contribution in [0, 0.1) is 0 Å². The minimum Gasteiger partial charge on any atom is -0.497 e. The molecular weight excluding hydrogens is 308 g/mol. The van der Waals surface area contributed by atoms with Crippen molar-refractivity contribution in [2.45, 2.75) is 38.8 Å². The van der Waals surface area contributed by atoms with E-state index in [0.717, 1.165) is 36.6 Å². The van der Waals surface area contributed by atoms with E-state index in [1.165, 1.54) is 0 Å². The zero-order chi connectivity index (χ0) is 17.1. The van der Waals surface area contributed by atoms with Gasteiger partial charge in [-0.25, -0.2) is 0 Å². The van der Waals surface area contributed by atoms with Crippen molar-refractivity contribution in [2.24, 2.45) is 0 Å². The van der Waals surface area contributed by atoms with Gasteiger partial charge in [0.25, 0.3) is 0 Å². The van der Waals surface area contributed by atoms with Gasteiger partial charge in [-0.15, -0.1) is 10.2 Å². The van der Waals surface area contributed by atoms with Crippen LogP contribution in [0.5, 0.6) is 11.5 Å². The highest BCUT2D eigenvalue weighted by atomic mass is 16.5. The Morgan fingerprint density at radius 2 is 2.17 bits per heavy atom. The quantitative estimate of drug-likeness (QED) is 0.871. The lowest BCUT2D eigenvalue weighted by Crippen LogP contribution is -2.30. The second-order valence-corrected chi connectivity index (χ2v) is 5.87. The van der Waals surface area contributed by atoms with Gasteiger partial charge < -0.3 is 19.4 Å². The summed E-state index contributed by atoms with van der Waals surface area (Å²) in [6.07, 6.45) is 2.27. The number of nitrogens with zero attached hydrogens (tertiary/aromatic N) is 3. The van der Waals surface area contributed by atoms with Crippen LogP contribution in [0.1, 0.15) is 36.6 Å². The Morgan fingerprint density at radius 1 is 1.33 bits per heavy atom. The number of hydrogen-bond acceptors (Lipinski definition) is 5. The normalized spacial score (nSPS) is 14.1. The van der Waals surface area contributed by atoms with Gasteiger partial charge in [-0.1, -0.05) is 6.07 Å². The first kappa shape index (κ1) is 16.3. The SMILES string of the molecule is COc1ccc(CC(=O)N[C@H](C)c2nnc3n2CCC3)c(OC)c1. The molecule has 1 aliphatic rings. The molecule has 2 heterocycles. The second kappa shape index (κ2) is 6.90. The molecule has 0 spiro atoms. The van der Waals surface area contributed by atoms with Gasteiger partial charge in [0.15, 0.2) is 5.82 Å². The smallest absolute Gasteiger partial charge is 0.225 e. The third-order valence-electron chi connectivity index (χ3n) is 4.25. The number of nitrogens with one attached hydrogen (secondary N) is 1. The van der Waals surface area contributed by atoms with Gasteiger partial charge in [-0.2, -0.15) is 0 Å². The number of ether oxygens (including phenoxy) is 2. The maximum atomic E-state index is 12.4. The zero-order valence-electron chi connectivity index (χ0n) is 14.2. The van der Waals surface area contributed by atoms with Crippen LogP contribution < -0.4 is 14.8 Å². The third-order valence-corrected chi connectivity index (χ3v) is 4.25. The van der Waals surface area contributed by atoms with Crippen molar-refractivity contribution in [3.8, 4) is 11.5 Å². The van der Waals surface area contributed by atoms with Crippen molar-refractivity contribution >= 4 is 5.91 Å². The Bertz CT molecular complexity index is 741. The maximum absolute atomic E-state index is 12.4. The summed E-state index contributed by atoms with van der Waals surface area (Å²) in [5.74, 6) is 3.07. The van der Waals surface area contributed by atoms with Gasteiger partial charge in [0.05, 0.1) is 26.7 Å². The molecule has 1 atom stereocenters. The lowest BCUT2D eigenvalue weighted by molar-refractivity contribution is -0.121. The first-order valence-electron chi connectivity index (χ1n) is 8.04. The number of amides is 1. The molecule has 7 nitrogen and oxygen atoms in total. The molecule has 24 heavy (non-hydrogen) atoms. The van der Waals surface area contributed by atoms with E-state index in [4.69, 9.17) is 9.47 Å². The Morgan fingerprint density at radius 3 is 2.92 bits per heavy atom. The molecule has 1 N–H and O–H groups in total. The zero-order valence-corrected chi connectivity index (χ0v) is 14.2. The van der Waals surface area contributed by atoms with Gasteiger partial charge in [-0.05, 0) is 19.4 Å². The van der Waals surface area contributed by atoms with Crippen molar-refractivity contribution < 1.29 is 14.3 Å². The first-order chi connectivity index (χ1) is 11.6. The number of rotatable bonds is 6. The molecule has 0 radical (unpaired) electrons. The summed E-state index contributed by atoms with van der Waals surface area (Å²) in [7, 11) is 3.18. The van der Waals surface area contributed by atoms with Crippen LogP contribution >= 0.6 is 0 Å². The molecule has 0 bridgehead atoms. The Kier molecular flexibility index (Phi) is 4.69. The Labute approximate surface area is 141 Å². The van der Waals surface area contributed by atoms with E-state index in [-0.39, 0.29) is 18.4 Å². The molecule has 0 fully saturated rings. The van der Waals surface area contributed by atoms with Gasteiger partial charge in [0.1, 0.15) is 17.3 Å². The summed E-state index contributed by atoms with van der Waals surface area (Å²) in [5.41, 5.74) is 0.814. The number of carbonyl (C=O) groups is 1. The summed E-state index contributed by atoms with van der Waals surface area (Å²) in [6.45, 7) is 2.85. The van der Waals surface area contributed by atoms with E-state index in [2.05, 4.69) is 20.1 Å². The highest BCUT2D eigenvalue weighted by Gasteiger charge is 2.22. The van der Waals surface area contributed by atoms with Crippen LogP contribution in [-0.4, -0.2) is 34.9 Å². The van der Waals surface area contributed by atoms with Crippen LogP contribution in [0.15, 0.2) is 18.2 Å². The average molecular weight is 330 g/mol. The van der Waals surface area contributed by atoms with Crippen molar-refractivity contribution in [2.75, 3.05) is 14.2 Å². The summed E-state index contributed by atoms with van der Waals surface area (Å²) >= 11 is 0. The van der Waals surface area contributed by atoms with E-state index in [9.17, 15) is 4.79 Å². The lowest BCUT2D eigenvalue weighted by Gasteiger charge is -2.15. The summed E-state index contributed by atoms with van der Waals surface area (Å²) in [5, 5.41) is 11.4. The van der Waals surface area contributed by atoms with Gasteiger partial charge in [0.2, 0.25) is 5.91 Å². The van der Waals surface area contributed by atoms with Crippen LogP contribution in [0.2, 0.25) is 0 Å². The lowest BCUT2D eigenvalue weighted by atomic mass is 10.1. The van der Waals surface area contributed by atoms with Crippen LogP contribution in [0.3, 0.4) is 0 Å². The highest BCUT2D eigenvalue weighted by Crippen LogP contribution is 2.25. The van der Waals surface area contributed by atoms with Crippen molar-refractivity contribution in [3.05, 3.63) is 35.4 Å².